The molecule has 0 aliphatic heterocycles. The molecule has 1 heterocycles. The molecule has 1 fully saturated rings. The predicted octanol–water partition coefficient (Wildman–Crippen LogP) is 4.66. The summed E-state index contributed by atoms with van der Waals surface area (Å²) in [7, 11) is 1.88. The van der Waals surface area contributed by atoms with E-state index in [4.69, 9.17) is 0 Å². The average molecular weight is 550 g/mol. The molecule has 3 rings (SSSR count). The normalized spacial score (nSPS) is 20.6. The van der Waals surface area contributed by atoms with Crippen molar-refractivity contribution in [3.63, 3.8) is 0 Å². The first-order valence-electron chi connectivity index (χ1n) is 10.3. The largest absolute Gasteiger partial charge is 0.391 e. The first-order chi connectivity index (χ1) is 14.2. The van der Waals surface area contributed by atoms with Crippen molar-refractivity contribution in [1.29, 1.82) is 0 Å². The van der Waals surface area contributed by atoms with Crippen molar-refractivity contribution < 1.29 is 13.2 Å². The summed E-state index contributed by atoms with van der Waals surface area (Å²) in [6.45, 7) is 4.22. The van der Waals surface area contributed by atoms with Crippen molar-refractivity contribution in [1.82, 2.24) is 25.4 Å². The Balaban J connectivity index is 0.00000341. The predicted molar refractivity (Wildman–Crippen MR) is 125 cm³/mol. The Labute approximate surface area is 198 Å². The summed E-state index contributed by atoms with van der Waals surface area (Å²) in [5.41, 5.74) is 1.10. The third-order valence-corrected chi connectivity index (χ3v) is 5.75. The number of hydrogen-bond donors (Lipinski definition) is 2. The molecule has 0 bridgehead atoms. The van der Waals surface area contributed by atoms with Gasteiger partial charge in [-0.2, -0.15) is 13.2 Å². The van der Waals surface area contributed by atoms with Crippen LogP contribution in [0.25, 0.3) is 0 Å². The minimum Gasteiger partial charge on any atom is -0.354 e. The standard InChI is InChI=1S/C21H29F3N6.HI/c1-14(16-7-5-4-6-8-16)26-20(25-13-19-29-28-15(2)30(19)3)27-18-11-9-17(10-12-18)21(22,23)24;/h4-8,14,17-18H,9-13H2,1-3H3,(H2,25,26,27);1H. The fourth-order valence-corrected chi connectivity index (χ4v) is 3.66. The van der Waals surface area contributed by atoms with E-state index < -0.39 is 12.1 Å². The van der Waals surface area contributed by atoms with Crippen LogP contribution in [-0.2, 0) is 13.6 Å². The SMILES string of the molecule is Cc1nnc(CN=C(NC2CCC(C(F)(F)F)CC2)NC(C)c2ccccc2)n1C.I. The van der Waals surface area contributed by atoms with Gasteiger partial charge in [0, 0.05) is 13.1 Å². The number of nitrogens with one attached hydrogen (secondary N) is 2. The van der Waals surface area contributed by atoms with Gasteiger partial charge in [-0.15, -0.1) is 34.2 Å². The van der Waals surface area contributed by atoms with Gasteiger partial charge >= 0.3 is 6.18 Å². The van der Waals surface area contributed by atoms with E-state index >= 15 is 0 Å². The van der Waals surface area contributed by atoms with Crippen LogP contribution >= 0.6 is 24.0 Å². The fourth-order valence-electron chi connectivity index (χ4n) is 3.66. The molecule has 172 valence electrons. The molecule has 1 aliphatic carbocycles. The van der Waals surface area contributed by atoms with Gasteiger partial charge in [-0.25, -0.2) is 4.99 Å². The highest BCUT2D eigenvalue weighted by molar-refractivity contribution is 14.0. The summed E-state index contributed by atoms with van der Waals surface area (Å²) in [6.07, 6.45) is -2.89. The van der Waals surface area contributed by atoms with Gasteiger partial charge in [0.05, 0.1) is 12.0 Å². The highest BCUT2D eigenvalue weighted by Crippen LogP contribution is 2.37. The number of benzene rings is 1. The van der Waals surface area contributed by atoms with Crippen LogP contribution in [0.5, 0.6) is 0 Å². The van der Waals surface area contributed by atoms with Crippen molar-refractivity contribution in [2.75, 3.05) is 0 Å². The van der Waals surface area contributed by atoms with Gasteiger partial charge in [-0.1, -0.05) is 30.3 Å². The lowest BCUT2D eigenvalue weighted by molar-refractivity contribution is -0.182. The lowest BCUT2D eigenvalue weighted by Crippen LogP contribution is -2.46. The Kier molecular flexibility index (Phi) is 9.14. The first kappa shape index (κ1) is 25.4. The van der Waals surface area contributed by atoms with Crippen LogP contribution in [0.2, 0.25) is 0 Å². The second-order valence-electron chi connectivity index (χ2n) is 7.90. The third-order valence-electron chi connectivity index (χ3n) is 5.75. The van der Waals surface area contributed by atoms with Gasteiger partial charge in [-0.05, 0) is 45.1 Å². The van der Waals surface area contributed by atoms with Gasteiger partial charge in [0.15, 0.2) is 11.8 Å². The highest BCUT2D eigenvalue weighted by Gasteiger charge is 2.41. The number of aliphatic imine (C=N–C) groups is 1. The number of halogens is 4. The Morgan fingerprint density at radius 2 is 1.81 bits per heavy atom. The van der Waals surface area contributed by atoms with E-state index in [0.717, 1.165) is 17.2 Å². The van der Waals surface area contributed by atoms with Crippen LogP contribution < -0.4 is 10.6 Å². The van der Waals surface area contributed by atoms with Crippen LogP contribution in [0.4, 0.5) is 13.2 Å². The summed E-state index contributed by atoms with van der Waals surface area (Å²) in [6, 6.07) is 9.89. The Hall–Kier alpha value is -1.85. The molecule has 1 saturated carbocycles. The van der Waals surface area contributed by atoms with Gasteiger partial charge in [0.2, 0.25) is 0 Å². The van der Waals surface area contributed by atoms with Gasteiger partial charge in [-0.3, -0.25) is 0 Å². The molecule has 2 N–H and O–H groups in total. The molecular weight excluding hydrogens is 520 g/mol. The van der Waals surface area contributed by atoms with Crippen molar-refractivity contribution >= 4 is 29.9 Å². The van der Waals surface area contributed by atoms with E-state index in [-0.39, 0.29) is 48.9 Å². The molecule has 0 saturated heterocycles. The molecule has 1 atom stereocenters. The van der Waals surface area contributed by atoms with E-state index in [1.54, 1.807) is 0 Å². The number of aryl methyl sites for hydroxylation is 1. The van der Waals surface area contributed by atoms with E-state index in [0.29, 0.717) is 25.3 Å². The van der Waals surface area contributed by atoms with E-state index in [9.17, 15) is 13.2 Å². The third kappa shape index (κ3) is 7.08. The van der Waals surface area contributed by atoms with Crippen LogP contribution in [0.1, 0.15) is 55.9 Å². The van der Waals surface area contributed by atoms with E-state index in [2.05, 4.69) is 25.8 Å². The average Bonchev–Trinajstić information content (AvgIpc) is 3.04. The van der Waals surface area contributed by atoms with E-state index in [1.165, 1.54) is 0 Å². The molecule has 2 aromatic rings. The summed E-state index contributed by atoms with van der Waals surface area (Å²) in [5, 5.41) is 14.9. The number of guanidine groups is 1. The minimum atomic E-state index is -4.11. The summed E-state index contributed by atoms with van der Waals surface area (Å²) in [5.74, 6) is 0.892. The summed E-state index contributed by atoms with van der Waals surface area (Å²) < 4.78 is 40.8. The van der Waals surface area contributed by atoms with Crippen molar-refractivity contribution in [2.24, 2.45) is 18.0 Å². The highest BCUT2D eigenvalue weighted by atomic mass is 127. The topological polar surface area (TPSA) is 67.1 Å². The maximum Gasteiger partial charge on any atom is 0.391 e. The first-order valence-corrected chi connectivity index (χ1v) is 10.3. The van der Waals surface area contributed by atoms with Crippen LogP contribution in [0.15, 0.2) is 35.3 Å². The van der Waals surface area contributed by atoms with Crippen LogP contribution in [0.3, 0.4) is 0 Å². The van der Waals surface area contributed by atoms with Gasteiger partial charge in [0.1, 0.15) is 12.4 Å². The Morgan fingerprint density at radius 1 is 1.16 bits per heavy atom. The van der Waals surface area contributed by atoms with E-state index in [1.807, 2.05) is 55.8 Å². The van der Waals surface area contributed by atoms with Gasteiger partial charge < -0.3 is 15.2 Å². The van der Waals surface area contributed by atoms with Crippen LogP contribution in [0, 0.1) is 12.8 Å². The van der Waals surface area contributed by atoms with Crippen molar-refractivity contribution in [3.8, 4) is 0 Å². The Morgan fingerprint density at radius 3 is 2.35 bits per heavy atom. The molecular formula is C21H30F3IN6. The second-order valence-corrected chi connectivity index (χ2v) is 7.90. The molecule has 6 nitrogen and oxygen atoms in total. The number of rotatable bonds is 5. The second kappa shape index (κ2) is 11.1. The summed E-state index contributed by atoms with van der Waals surface area (Å²) in [4.78, 5) is 4.64. The minimum absolute atomic E-state index is 0. The molecule has 0 spiro atoms. The van der Waals surface area contributed by atoms with Gasteiger partial charge in [0.25, 0.3) is 0 Å². The molecule has 1 aromatic carbocycles. The smallest absolute Gasteiger partial charge is 0.354 e. The number of alkyl halides is 3. The lowest BCUT2D eigenvalue weighted by atomic mass is 9.85. The number of hydrogen-bond acceptors (Lipinski definition) is 3. The Bertz CT molecular complexity index is 845. The van der Waals surface area contributed by atoms with Crippen molar-refractivity contribution in [3.05, 3.63) is 47.5 Å². The van der Waals surface area contributed by atoms with Crippen LogP contribution in [-0.4, -0.2) is 32.9 Å². The molecule has 0 amide bonds. The summed E-state index contributed by atoms with van der Waals surface area (Å²) >= 11 is 0. The lowest BCUT2D eigenvalue weighted by Gasteiger charge is -2.31. The molecule has 1 aliphatic rings. The molecule has 1 aromatic heterocycles. The maximum atomic E-state index is 13.0. The zero-order chi connectivity index (χ0) is 21.7. The van der Waals surface area contributed by atoms with Crippen molar-refractivity contribution in [2.45, 2.75) is 64.3 Å². The zero-order valence-electron chi connectivity index (χ0n) is 18.0. The molecule has 1 unspecified atom stereocenters. The number of nitrogens with zero attached hydrogens (tertiary/aromatic N) is 4. The quantitative estimate of drug-likeness (QED) is 0.323. The maximum absolute atomic E-state index is 13.0. The fraction of sp³-hybridized carbons (Fsp3) is 0.571. The molecule has 31 heavy (non-hydrogen) atoms. The molecule has 0 radical (unpaired) electrons. The molecule has 10 heteroatoms. The monoisotopic (exact) mass is 550 g/mol. The number of aromatic nitrogens is 3. The zero-order valence-corrected chi connectivity index (χ0v) is 20.3.